The van der Waals surface area contributed by atoms with E-state index in [0.29, 0.717) is 0 Å². The van der Waals surface area contributed by atoms with Gasteiger partial charge in [-0.1, -0.05) is 11.8 Å². The number of rotatable bonds is 3. The fraction of sp³-hybridized carbons (Fsp3) is 0.625. The van der Waals surface area contributed by atoms with E-state index in [0.717, 1.165) is 16.5 Å². The van der Waals surface area contributed by atoms with Crippen molar-refractivity contribution < 1.29 is 0 Å². The monoisotopic (exact) mass is 202 g/mol. The topological polar surface area (TPSA) is 38.9 Å². The van der Waals surface area contributed by atoms with Gasteiger partial charge < -0.3 is 5.73 Å². The summed E-state index contributed by atoms with van der Waals surface area (Å²) in [6.45, 7) is 4.08. The molecule has 0 amide bonds. The van der Waals surface area contributed by atoms with Crippen molar-refractivity contribution in [1.29, 1.82) is 0 Å². The molecule has 0 aliphatic heterocycles. The summed E-state index contributed by atoms with van der Waals surface area (Å²) in [4.78, 5) is 5.74. The van der Waals surface area contributed by atoms with Gasteiger partial charge in [0.2, 0.25) is 0 Å². The minimum absolute atomic E-state index is 0.235. The molecule has 4 heteroatoms. The number of nitrogens with zero attached hydrogens (tertiary/aromatic N) is 1. The van der Waals surface area contributed by atoms with Crippen molar-refractivity contribution >= 4 is 23.1 Å². The molecule has 2 nitrogen and oxygen atoms in total. The van der Waals surface area contributed by atoms with Crippen LogP contribution < -0.4 is 5.73 Å². The first-order chi connectivity index (χ1) is 5.63. The smallest absolute Gasteiger partial charge is 0.150 e. The van der Waals surface area contributed by atoms with Crippen molar-refractivity contribution in [3.63, 3.8) is 0 Å². The second-order valence-electron chi connectivity index (χ2n) is 2.87. The molecule has 0 saturated carbocycles. The Labute approximate surface area is 81.6 Å². The maximum absolute atomic E-state index is 5.72. The number of thioether (sulfide) groups is 1. The molecule has 0 spiro atoms. The Morgan fingerprint density at radius 3 is 2.75 bits per heavy atom. The molecule has 0 aliphatic rings. The van der Waals surface area contributed by atoms with E-state index in [1.807, 2.05) is 20.1 Å². The van der Waals surface area contributed by atoms with Crippen molar-refractivity contribution in [3.8, 4) is 0 Å². The third kappa shape index (κ3) is 2.47. The Bertz CT molecular complexity index is 256. The van der Waals surface area contributed by atoms with E-state index in [-0.39, 0.29) is 6.04 Å². The fourth-order valence-electron chi connectivity index (χ4n) is 0.970. The highest BCUT2D eigenvalue weighted by molar-refractivity contribution is 8.00. The molecule has 1 unspecified atom stereocenters. The molecule has 2 N–H and O–H groups in total. The van der Waals surface area contributed by atoms with E-state index in [4.69, 9.17) is 5.73 Å². The highest BCUT2D eigenvalue weighted by atomic mass is 32.2. The summed E-state index contributed by atoms with van der Waals surface area (Å²) in [5.41, 5.74) is 6.86. The molecular weight excluding hydrogens is 188 g/mol. The van der Waals surface area contributed by atoms with Crippen LogP contribution in [0.15, 0.2) is 4.34 Å². The van der Waals surface area contributed by atoms with E-state index < -0.39 is 0 Å². The lowest BCUT2D eigenvalue weighted by Crippen LogP contribution is -2.17. The molecule has 0 radical (unpaired) electrons. The molecular formula is C8H14N2S2. The van der Waals surface area contributed by atoms with Crippen LogP contribution in [0.25, 0.3) is 0 Å². The van der Waals surface area contributed by atoms with Gasteiger partial charge in [-0.15, -0.1) is 11.3 Å². The molecule has 1 rings (SSSR count). The summed E-state index contributed by atoms with van der Waals surface area (Å²) in [7, 11) is 0. The van der Waals surface area contributed by atoms with Crippen LogP contribution in [-0.2, 0) is 6.42 Å². The van der Waals surface area contributed by atoms with Gasteiger partial charge in [-0.3, -0.25) is 0 Å². The van der Waals surface area contributed by atoms with Gasteiger partial charge in [-0.25, -0.2) is 4.98 Å². The maximum atomic E-state index is 5.72. The van der Waals surface area contributed by atoms with Crippen molar-refractivity contribution in [2.75, 3.05) is 6.26 Å². The van der Waals surface area contributed by atoms with Crippen molar-refractivity contribution in [1.82, 2.24) is 4.98 Å². The van der Waals surface area contributed by atoms with Crippen LogP contribution in [0.3, 0.4) is 0 Å². The first kappa shape index (κ1) is 10.0. The molecule has 68 valence electrons. The van der Waals surface area contributed by atoms with Gasteiger partial charge in [0.15, 0.2) is 0 Å². The van der Waals surface area contributed by atoms with Gasteiger partial charge >= 0.3 is 0 Å². The predicted molar refractivity (Wildman–Crippen MR) is 56.0 cm³/mol. The number of hydrogen-bond acceptors (Lipinski definition) is 4. The molecule has 1 atom stereocenters. The summed E-state index contributed by atoms with van der Waals surface area (Å²) in [5, 5.41) is 0. The first-order valence-corrected chi connectivity index (χ1v) is 5.93. The molecule has 1 aromatic rings. The fourth-order valence-corrected chi connectivity index (χ4v) is 2.77. The van der Waals surface area contributed by atoms with Gasteiger partial charge in [-0.05, 0) is 26.5 Å². The Hall–Kier alpha value is -0.0600. The van der Waals surface area contributed by atoms with Crippen molar-refractivity contribution in [2.45, 2.75) is 30.6 Å². The zero-order chi connectivity index (χ0) is 9.14. The summed E-state index contributed by atoms with van der Waals surface area (Å²) in [6.07, 6.45) is 3.00. The van der Waals surface area contributed by atoms with Gasteiger partial charge in [0.05, 0.1) is 5.69 Å². The van der Waals surface area contributed by atoms with Crippen LogP contribution in [0.2, 0.25) is 0 Å². The number of nitrogens with two attached hydrogens (primary N) is 1. The normalized spacial score (nSPS) is 13.3. The Balaban J connectivity index is 2.77. The third-order valence-electron chi connectivity index (χ3n) is 1.56. The molecule has 0 saturated heterocycles. The van der Waals surface area contributed by atoms with E-state index in [2.05, 4.69) is 4.98 Å². The summed E-state index contributed by atoms with van der Waals surface area (Å²) in [6, 6.07) is 0.235. The first-order valence-electron chi connectivity index (χ1n) is 3.89. The molecule has 1 aromatic heterocycles. The quantitative estimate of drug-likeness (QED) is 0.763. The van der Waals surface area contributed by atoms with Crippen molar-refractivity contribution in [3.05, 3.63) is 10.6 Å². The number of aromatic nitrogens is 1. The lowest BCUT2D eigenvalue weighted by molar-refractivity contribution is 0.741. The third-order valence-corrected chi connectivity index (χ3v) is 3.72. The van der Waals surface area contributed by atoms with E-state index in [1.54, 1.807) is 23.1 Å². The summed E-state index contributed by atoms with van der Waals surface area (Å²) >= 11 is 3.46. The number of hydrogen-bond donors (Lipinski definition) is 1. The summed E-state index contributed by atoms with van der Waals surface area (Å²) < 4.78 is 1.14. The Morgan fingerprint density at radius 2 is 2.33 bits per heavy atom. The van der Waals surface area contributed by atoms with Crippen LogP contribution in [0.5, 0.6) is 0 Å². The highest BCUT2D eigenvalue weighted by Gasteiger charge is 2.07. The largest absolute Gasteiger partial charge is 0.328 e. The van der Waals surface area contributed by atoms with Gasteiger partial charge in [0.1, 0.15) is 4.34 Å². The minimum Gasteiger partial charge on any atom is -0.328 e. The lowest BCUT2D eigenvalue weighted by atomic mass is 10.2. The molecule has 0 aliphatic carbocycles. The maximum Gasteiger partial charge on any atom is 0.150 e. The predicted octanol–water partition coefficient (Wildman–Crippen LogP) is 2.06. The van der Waals surface area contributed by atoms with Crippen LogP contribution in [0.4, 0.5) is 0 Å². The number of aryl methyl sites for hydroxylation is 1. The summed E-state index contributed by atoms with van der Waals surface area (Å²) in [5.74, 6) is 0. The van der Waals surface area contributed by atoms with Gasteiger partial charge in [0, 0.05) is 10.9 Å². The van der Waals surface area contributed by atoms with Crippen LogP contribution in [0.1, 0.15) is 17.5 Å². The van der Waals surface area contributed by atoms with Crippen LogP contribution >= 0.6 is 23.1 Å². The molecule has 0 bridgehead atoms. The van der Waals surface area contributed by atoms with E-state index >= 15 is 0 Å². The minimum atomic E-state index is 0.235. The standard InChI is InChI=1S/C8H14N2S2/c1-5(9)4-7-6(2)10-8(11-3)12-7/h5H,4,9H2,1-3H3. The molecule has 12 heavy (non-hydrogen) atoms. The molecule has 0 aromatic carbocycles. The Kier molecular flexibility index (Phi) is 3.55. The average Bonchev–Trinajstić information content (AvgIpc) is 2.31. The zero-order valence-corrected chi connectivity index (χ0v) is 9.26. The van der Waals surface area contributed by atoms with E-state index in [9.17, 15) is 0 Å². The van der Waals surface area contributed by atoms with Crippen LogP contribution in [-0.4, -0.2) is 17.3 Å². The lowest BCUT2D eigenvalue weighted by Gasteiger charge is -2.01. The average molecular weight is 202 g/mol. The van der Waals surface area contributed by atoms with Gasteiger partial charge in [0.25, 0.3) is 0 Å². The highest BCUT2D eigenvalue weighted by Crippen LogP contribution is 2.25. The van der Waals surface area contributed by atoms with Crippen LogP contribution in [0, 0.1) is 6.92 Å². The second-order valence-corrected chi connectivity index (χ2v) is 5.01. The van der Waals surface area contributed by atoms with E-state index in [1.165, 1.54) is 4.88 Å². The van der Waals surface area contributed by atoms with Gasteiger partial charge in [-0.2, -0.15) is 0 Å². The Morgan fingerprint density at radius 1 is 1.67 bits per heavy atom. The molecule has 1 heterocycles. The van der Waals surface area contributed by atoms with Crippen molar-refractivity contribution in [2.24, 2.45) is 5.73 Å². The SMILES string of the molecule is CSc1nc(C)c(CC(C)N)s1. The number of thiazole rings is 1. The second kappa shape index (κ2) is 4.25. The zero-order valence-electron chi connectivity index (χ0n) is 7.63. The molecule has 0 fully saturated rings.